The summed E-state index contributed by atoms with van der Waals surface area (Å²) in [7, 11) is 0. The zero-order valence-corrected chi connectivity index (χ0v) is 32.2. The van der Waals surface area contributed by atoms with Crippen molar-refractivity contribution in [2.45, 2.75) is 57.7 Å². The molecule has 4 aromatic carbocycles. The molecule has 1 fully saturated rings. The van der Waals surface area contributed by atoms with E-state index in [0.717, 1.165) is 37.2 Å². The molecule has 1 atom stereocenters. The fourth-order valence-electron chi connectivity index (χ4n) is 8.68. The summed E-state index contributed by atoms with van der Waals surface area (Å²) >= 11 is 0. The molecule has 9 rings (SSSR count). The smallest absolute Gasteiger partial charge is 0.508 e. The van der Waals surface area contributed by atoms with Gasteiger partial charge < -0.3 is 38.4 Å². The van der Waals surface area contributed by atoms with Crippen molar-refractivity contribution in [3.05, 3.63) is 125 Å². The summed E-state index contributed by atoms with van der Waals surface area (Å²) in [6, 6.07) is 25.2. The molecule has 5 aromatic rings. The fraction of sp³-hybridized carbons (Fsp3) is 0.333. The molecule has 0 spiro atoms. The van der Waals surface area contributed by atoms with Gasteiger partial charge in [-0.05, 0) is 97.0 Å². The summed E-state index contributed by atoms with van der Waals surface area (Å²) in [6.45, 7) is 4.69. The summed E-state index contributed by atoms with van der Waals surface area (Å²) in [4.78, 5) is 36.0. The molecule has 1 N–H and O–H groups in total. The highest BCUT2D eigenvalue weighted by Gasteiger charge is 2.36. The second-order valence-corrected chi connectivity index (χ2v) is 15.3. The van der Waals surface area contributed by atoms with Crippen LogP contribution < -0.4 is 19.1 Å². The number of carbonyl (C=O) groups is 2. The summed E-state index contributed by atoms with van der Waals surface area (Å²) in [5, 5.41) is 10.1. The van der Waals surface area contributed by atoms with E-state index in [1.807, 2.05) is 29.2 Å². The van der Waals surface area contributed by atoms with Crippen molar-refractivity contribution in [3.8, 4) is 34.3 Å². The maximum atomic E-state index is 15.2. The van der Waals surface area contributed by atoms with Gasteiger partial charge in [0.1, 0.15) is 11.5 Å². The van der Waals surface area contributed by atoms with E-state index in [9.17, 15) is 23.1 Å². The Hall–Kier alpha value is -5.99. The van der Waals surface area contributed by atoms with Gasteiger partial charge in [-0.25, -0.2) is 0 Å². The number of anilines is 1. The number of carbonyl (C=O) groups excluding carboxylic acids is 2. The first-order valence-electron chi connectivity index (χ1n) is 19.9. The number of morpholine rings is 1. The Morgan fingerprint density at radius 2 is 1.58 bits per heavy atom. The van der Waals surface area contributed by atoms with Crippen molar-refractivity contribution in [1.82, 2.24) is 14.4 Å². The number of aromatic nitrogens is 1. The molecule has 0 radical (unpaired) electrons. The van der Waals surface area contributed by atoms with E-state index in [-0.39, 0.29) is 42.7 Å². The number of halogens is 3. The van der Waals surface area contributed by atoms with Crippen molar-refractivity contribution in [2.75, 3.05) is 44.5 Å². The molecule has 59 heavy (non-hydrogen) atoms. The molecule has 14 heteroatoms. The van der Waals surface area contributed by atoms with Crippen LogP contribution in [0.1, 0.15) is 55.9 Å². The van der Waals surface area contributed by atoms with Crippen LogP contribution in [0, 0.1) is 0 Å². The van der Waals surface area contributed by atoms with Crippen molar-refractivity contribution < 1.29 is 46.8 Å². The van der Waals surface area contributed by atoms with Gasteiger partial charge in [0, 0.05) is 61.4 Å². The number of phenols is 1. The van der Waals surface area contributed by atoms with Crippen LogP contribution in [-0.2, 0) is 37.2 Å². The van der Waals surface area contributed by atoms with E-state index in [1.54, 1.807) is 23.1 Å². The van der Waals surface area contributed by atoms with Crippen LogP contribution in [0.5, 0.6) is 23.0 Å². The third kappa shape index (κ3) is 8.06. The molecule has 0 saturated carbocycles. The Bertz CT molecular complexity index is 2360. The van der Waals surface area contributed by atoms with E-state index >= 15 is 4.79 Å². The summed E-state index contributed by atoms with van der Waals surface area (Å²) in [5.41, 5.74) is 6.42. The quantitative estimate of drug-likeness (QED) is 0.163. The topological polar surface area (TPSA) is 106 Å². The number of fused-ring (bicyclic) bond motifs is 3. The Morgan fingerprint density at radius 1 is 0.847 bits per heavy atom. The van der Waals surface area contributed by atoms with Gasteiger partial charge in [-0.1, -0.05) is 36.4 Å². The SMILES string of the molecule is O=C(c1cc(-c2cc3c(cc2C(=O)N2Cc4ccccc4C[C@H]2CN2CCOCC2)OCO3)n2c1CCCC2)N(Cc1ccc(OC(F)(F)F)cc1)c1ccc(O)cc1. The van der Waals surface area contributed by atoms with Crippen molar-refractivity contribution in [2.24, 2.45) is 0 Å². The molecule has 1 saturated heterocycles. The van der Waals surface area contributed by atoms with Crippen LogP contribution >= 0.6 is 0 Å². The summed E-state index contributed by atoms with van der Waals surface area (Å²) < 4.78 is 62.3. The van der Waals surface area contributed by atoms with Crippen LogP contribution in [0.2, 0.25) is 0 Å². The molecule has 1 aromatic heterocycles. The first-order valence-corrected chi connectivity index (χ1v) is 19.9. The second kappa shape index (κ2) is 16.0. The molecular weight excluding hydrogens is 766 g/mol. The number of phenolic OH excluding ortho intramolecular Hbond substituents is 1. The van der Waals surface area contributed by atoms with Gasteiger partial charge in [-0.2, -0.15) is 0 Å². The number of alkyl halides is 3. The number of hydrogen-bond donors (Lipinski definition) is 1. The first kappa shape index (κ1) is 38.5. The lowest BCUT2D eigenvalue weighted by Crippen LogP contribution is -2.52. The van der Waals surface area contributed by atoms with E-state index in [0.29, 0.717) is 90.8 Å². The highest BCUT2D eigenvalue weighted by atomic mass is 19.4. The molecule has 4 aliphatic rings. The number of nitrogens with zero attached hydrogens (tertiary/aromatic N) is 4. The number of aromatic hydroxyl groups is 1. The largest absolute Gasteiger partial charge is 0.573 e. The number of rotatable bonds is 9. The molecule has 0 bridgehead atoms. The van der Waals surface area contributed by atoms with Gasteiger partial charge >= 0.3 is 6.36 Å². The van der Waals surface area contributed by atoms with Crippen LogP contribution in [0.15, 0.2) is 91.0 Å². The average Bonchev–Trinajstić information content (AvgIpc) is 3.87. The third-order valence-electron chi connectivity index (χ3n) is 11.6. The Labute approximate surface area is 339 Å². The minimum atomic E-state index is -4.84. The van der Waals surface area contributed by atoms with E-state index in [1.165, 1.54) is 42.0 Å². The highest BCUT2D eigenvalue weighted by molar-refractivity contribution is 6.09. The Kier molecular flexibility index (Phi) is 10.4. The maximum absolute atomic E-state index is 15.2. The van der Waals surface area contributed by atoms with Crippen molar-refractivity contribution in [3.63, 3.8) is 0 Å². The number of benzene rings is 4. The molecule has 5 heterocycles. The molecule has 11 nitrogen and oxygen atoms in total. The molecule has 306 valence electrons. The minimum Gasteiger partial charge on any atom is -0.508 e. The molecule has 0 unspecified atom stereocenters. The lowest BCUT2D eigenvalue weighted by atomic mass is 9.92. The Balaban J connectivity index is 1.11. The third-order valence-corrected chi connectivity index (χ3v) is 11.6. The van der Waals surface area contributed by atoms with Gasteiger partial charge in [0.25, 0.3) is 11.8 Å². The standard InChI is InChI=1S/C45H43F3N4O7/c46-45(47,48)59-35-14-8-29(9-15-35)25-51(32-10-12-34(53)13-11-32)44(55)38-22-40(50-16-4-3-7-39(38)50)36-23-41-42(58-28-57-41)24-37(36)43(54)52-26-31-6-2-1-5-30(31)21-33(52)27-49-17-19-56-20-18-49/h1-2,5-6,8-15,22-24,33,53H,3-4,7,16-21,25-28H2/t33-/m0/s1. The van der Waals surface area contributed by atoms with E-state index < -0.39 is 6.36 Å². The lowest BCUT2D eigenvalue weighted by molar-refractivity contribution is -0.274. The van der Waals surface area contributed by atoms with Crippen LogP contribution in [0.4, 0.5) is 18.9 Å². The lowest BCUT2D eigenvalue weighted by Gasteiger charge is -2.40. The average molecular weight is 809 g/mol. The monoisotopic (exact) mass is 808 g/mol. The minimum absolute atomic E-state index is 0.0164. The van der Waals surface area contributed by atoms with Crippen LogP contribution in [0.3, 0.4) is 0 Å². The van der Waals surface area contributed by atoms with Gasteiger partial charge in [0.2, 0.25) is 6.79 Å². The van der Waals surface area contributed by atoms with E-state index in [2.05, 4.69) is 26.3 Å². The highest BCUT2D eigenvalue weighted by Crippen LogP contribution is 2.43. The number of ether oxygens (including phenoxy) is 4. The number of hydrogen-bond acceptors (Lipinski definition) is 8. The van der Waals surface area contributed by atoms with Crippen LogP contribution in [0.25, 0.3) is 11.3 Å². The fourth-order valence-corrected chi connectivity index (χ4v) is 8.68. The zero-order chi connectivity index (χ0) is 40.7. The molecule has 0 aliphatic carbocycles. The molecular formula is C45H43F3N4O7. The van der Waals surface area contributed by atoms with Gasteiger partial charge in [-0.15, -0.1) is 13.2 Å². The van der Waals surface area contributed by atoms with E-state index in [4.69, 9.17) is 14.2 Å². The predicted molar refractivity (Wildman–Crippen MR) is 212 cm³/mol. The maximum Gasteiger partial charge on any atom is 0.573 e. The number of amides is 2. The van der Waals surface area contributed by atoms with Gasteiger partial charge in [-0.3, -0.25) is 14.5 Å². The second-order valence-electron chi connectivity index (χ2n) is 15.3. The van der Waals surface area contributed by atoms with Crippen molar-refractivity contribution in [1.29, 1.82) is 0 Å². The molecule has 4 aliphatic heterocycles. The van der Waals surface area contributed by atoms with Crippen LogP contribution in [-0.4, -0.2) is 83.3 Å². The van der Waals surface area contributed by atoms with Crippen molar-refractivity contribution >= 4 is 17.5 Å². The summed E-state index contributed by atoms with van der Waals surface area (Å²) in [6.07, 6.45) is -1.79. The summed E-state index contributed by atoms with van der Waals surface area (Å²) in [5.74, 6) is 0.149. The Morgan fingerprint density at radius 3 is 2.32 bits per heavy atom. The normalized spacial score (nSPS) is 17.6. The first-order chi connectivity index (χ1) is 28.6. The zero-order valence-electron chi connectivity index (χ0n) is 32.2. The van der Waals surface area contributed by atoms with Gasteiger partial charge in [0.15, 0.2) is 11.5 Å². The molecule has 2 amide bonds. The van der Waals surface area contributed by atoms with Gasteiger partial charge in [0.05, 0.1) is 30.9 Å². The predicted octanol–water partition coefficient (Wildman–Crippen LogP) is 7.57.